The lowest BCUT2D eigenvalue weighted by molar-refractivity contribution is 0.0576. The second kappa shape index (κ2) is 11.2. The van der Waals surface area contributed by atoms with Gasteiger partial charge in [-0.15, -0.1) is 0 Å². The van der Waals surface area contributed by atoms with Gasteiger partial charge in [0.15, 0.2) is 0 Å². The maximum Gasteiger partial charge on any atom is 0.254 e. The molecule has 1 aliphatic heterocycles. The number of nitrogens with one attached hydrogen (secondary N) is 1. The monoisotopic (exact) mass is 506 g/mol. The molecule has 0 radical (unpaired) electrons. The summed E-state index contributed by atoms with van der Waals surface area (Å²) >= 11 is 0. The lowest BCUT2D eigenvalue weighted by Gasteiger charge is -2.40. The highest BCUT2D eigenvalue weighted by Crippen LogP contribution is 2.25. The molecular formula is C32H34N4O2. The van der Waals surface area contributed by atoms with E-state index in [9.17, 15) is 9.59 Å². The van der Waals surface area contributed by atoms with Crippen LogP contribution in [0.4, 0.5) is 0 Å². The fourth-order valence-electron chi connectivity index (χ4n) is 5.60. The van der Waals surface area contributed by atoms with Gasteiger partial charge in [0, 0.05) is 47.9 Å². The third kappa shape index (κ3) is 5.76. The lowest BCUT2D eigenvalue weighted by Crippen LogP contribution is -2.51. The van der Waals surface area contributed by atoms with Gasteiger partial charge in [0.1, 0.15) is 0 Å². The number of aryl methyl sites for hydroxylation is 2. The van der Waals surface area contributed by atoms with E-state index in [1.807, 2.05) is 67.4 Å². The average molecular weight is 507 g/mol. The van der Waals surface area contributed by atoms with Crippen LogP contribution in [0.5, 0.6) is 0 Å². The van der Waals surface area contributed by atoms with Crippen LogP contribution in [0.25, 0.3) is 10.9 Å². The number of nitrogens with two attached hydrogens (primary N) is 1. The Hall–Kier alpha value is -4.03. The first-order valence-electron chi connectivity index (χ1n) is 13.2. The molecule has 3 N–H and O–H groups in total. The van der Waals surface area contributed by atoms with E-state index in [2.05, 4.69) is 28.5 Å². The highest BCUT2D eigenvalue weighted by atomic mass is 16.2. The molecule has 5 rings (SSSR count). The smallest absolute Gasteiger partial charge is 0.254 e. The molecule has 0 spiro atoms. The summed E-state index contributed by atoms with van der Waals surface area (Å²) in [5.41, 5.74) is 12.1. The summed E-state index contributed by atoms with van der Waals surface area (Å²) in [6.07, 6.45) is 4.31. The van der Waals surface area contributed by atoms with Gasteiger partial charge in [0.25, 0.3) is 5.91 Å². The predicted molar refractivity (Wildman–Crippen MR) is 151 cm³/mol. The summed E-state index contributed by atoms with van der Waals surface area (Å²) in [6, 6.07) is 24.1. The van der Waals surface area contributed by atoms with E-state index in [4.69, 9.17) is 5.73 Å². The van der Waals surface area contributed by atoms with E-state index < -0.39 is 5.91 Å². The summed E-state index contributed by atoms with van der Waals surface area (Å²) in [6.45, 7) is 5.49. The summed E-state index contributed by atoms with van der Waals surface area (Å²) in [5, 5.41) is 4.92. The van der Waals surface area contributed by atoms with Crippen molar-refractivity contribution in [3.05, 3.63) is 112 Å². The standard InChI is InChI=1S/C32H34N4O2/c1-21-15-22(2)17-26(16-21)32(38)36-14-12-27(19-28(36)18-23-7-9-24(10-8-23)31(33)37)35-20-25-11-13-34-30-6-4-3-5-29(25)30/h3-11,13,15-17,27-28,35H,12,14,18-20H2,1-2H3,(H2,33,37)/t27-,28+/m0/s1. The number of nitrogens with zero attached hydrogens (tertiary/aromatic N) is 2. The zero-order valence-electron chi connectivity index (χ0n) is 22.0. The fraction of sp³-hybridized carbons (Fsp3) is 0.281. The molecular weight excluding hydrogens is 472 g/mol. The van der Waals surface area contributed by atoms with Crippen molar-refractivity contribution < 1.29 is 9.59 Å². The first-order valence-corrected chi connectivity index (χ1v) is 13.2. The van der Waals surface area contributed by atoms with Crippen molar-refractivity contribution >= 4 is 22.7 Å². The summed E-state index contributed by atoms with van der Waals surface area (Å²) in [7, 11) is 0. The van der Waals surface area contributed by atoms with Crippen molar-refractivity contribution in [1.82, 2.24) is 15.2 Å². The van der Waals surface area contributed by atoms with Gasteiger partial charge in [0.2, 0.25) is 5.91 Å². The average Bonchev–Trinajstić information content (AvgIpc) is 2.91. The number of hydrogen-bond acceptors (Lipinski definition) is 4. The number of likely N-dealkylation sites (tertiary alicyclic amines) is 1. The molecule has 0 unspecified atom stereocenters. The molecule has 0 bridgehead atoms. The van der Waals surface area contributed by atoms with Crippen molar-refractivity contribution in [3.63, 3.8) is 0 Å². The molecule has 6 heteroatoms. The number of benzene rings is 3. The van der Waals surface area contributed by atoms with Crippen LogP contribution in [0, 0.1) is 13.8 Å². The maximum absolute atomic E-state index is 13.7. The number of carbonyl (C=O) groups excluding carboxylic acids is 2. The van der Waals surface area contributed by atoms with Gasteiger partial charge in [-0.2, -0.15) is 0 Å². The number of carbonyl (C=O) groups is 2. The van der Waals surface area contributed by atoms with E-state index in [1.54, 1.807) is 12.1 Å². The molecule has 1 aromatic heterocycles. The molecule has 194 valence electrons. The minimum atomic E-state index is -0.436. The Bertz CT molecular complexity index is 1440. The molecule has 2 atom stereocenters. The van der Waals surface area contributed by atoms with Gasteiger partial charge >= 0.3 is 0 Å². The highest BCUT2D eigenvalue weighted by Gasteiger charge is 2.32. The zero-order valence-corrected chi connectivity index (χ0v) is 22.0. The lowest BCUT2D eigenvalue weighted by atomic mass is 9.90. The molecule has 2 amide bonds. The number of hydrogen-bond donors (Lipinski definition) is 2. The third-order valence-electron chi connectivity index (χ3n) is 7.48. The number of rotatable bonds is 7. The fourth-order valence-corrected chi connectivity index (χ4v) is 5.60. The van der Waals surface area contributed by atoms with Crippen molar-refractivity contribution in [2.45, 2.75) is 51.7 Å². The molecule has 1 saturated heterocycles. The molecule has 1 aliphatic rings. The number of primary amides is 1. The number of piperidine rings is 1. The van der Waals surface area contributed by atoms with Crippen LogP contribution in [0.1, 0.15) is 55.8 Å². The highest BCUT2D eigenvalue weighted by molar-refractivity contribution is 5.95. The van der Waals surface area contributed by atoms with E-state index in [0.717, 1.165) is 52.5 Å². The Kier molecular flexibility index (Phi) is 7.52. The van der Waals surface area contributed by atoms with Crippen LogP contribution in [-0.4, -0.2) is 40.3 Å². The van der Waals surface area contributed by atoms with Gasteiger partial charge in [-0.25, -0.2) is 0 Å². The quantitative estimate of drug-likeness (QED) is 0.371. The topological polar surface area (TPSA) is 88.3 Å². The summed E-state index contributed by atoms with van der Waals surface area (Å²) in [5.74, 6) is -0.358. The predicted octanol–water partition coefficient (Wildman–Crippen LogP) is 4.96. The Morgan fingerprint density at radius 2 is 1.71 bits per heavy atom. The molecule has 2 heterocycles. The molecule has 0 saturated carbocycles. The first kappa shape index (κ1) is 25.6. The molecule has 3 aromatic carbocycles. The van der Waals surface area contributed by atoms with Gasteiger partial charge in [0.05, 0.1) is 5.52 Å². The largest absolute Gasteiger partial charge is 0.366 e. The van der Waals surface area contributed by atoms with Crippen LogP contribution in [0.15, 0.2) is 79.0 Å². The van der Waals surface area contributed by atoms with Gasteiger partial charge in [-0.05, 0) is 80.6 Å². The molecule has 0 aliphatic carbocycles. The molecule has 4 aromatic rings. The number of pyridine rings is 1. The van der Waals surface area contributed by atoms with Crippen LogP contribution in [-0.2, 0) is 13.0 Å². The summed E-state index contributed by atoms with van der Waals surface area (Å²) < 4.78 is 0. The Labute approximate surface area is 223 Å². The van der Waals surface area contributed by atoms with Gasteiger partial charge in [-0.3, -0.25) is 14.6 Å². The van der Waals surface area contributed by atoms with Crippen molar-refractivity contribution in [1.29, 1.82) is 0 Å². The second-order valence-electron chi connectivity index (χ2n) is 10.4. The maximum atomic E-state index is 13.7. The van der Waals surface area contributed by atoms with Gasteiger partial charge in [-0.1, -0.05) is 47.5 Å². The Morgan fingerprint density at radius 3 is 2.45 bits per heavy atom. The molecule has 6 nitrogen and oxygen atoms in total. The van der Waals surface area contributed by atoms with Crippen LogP contribution in [0.2, 0.25) is 0 Å². The molecule has 1 fully saturated rings. The number of amides is 2. The van der Waals surface area contributed by atoms with Gasteiger partial charge < -0.3 is 16.0 Å². The molecule has 38 heavy (non-hydrogen) atoms. The Morgan fingerprint density at radius 1 is 0.974 bits per heavy atom. The number of aromatic nitrogens is 1. The van der Waals surface area contributed by atoms with Crippen LogP contribution in [0.3, 0.4) is 0 Å². The SMILES string of the molecule is Cc1cc(C)cc(C(=O)N2CC[C@H](NCc3ccnc4ccccc34)C[C@H]2Cc2ccc(C(N)=O)cc2)c1. The van der Waals surface area contributed by atoms with Crippen molar-refractivity contribution in [2.75, 3.05) is 6.54 Å². The second-order valence-corrected chi connectivity index (χ2v) is 10.4. The Balaban J connectivity index is 1.35. The normalized spacial score (nSPS) is 17.5. The van der Waals surface area contributed by atoms with Crippen molar-refractivity contribution in [3.8, 4) is 0 Å². The zero-order chi connectivity index (χ0) is 26.6. The minimum absolute atomic E-state index is 0.0307. The third-order valence-corrected chi connectivity index (χ3v) is 7.48. The van der Waals surface area contributed by atoms with E-state index in [0.29, 0.717) is 18.5 Å². The van der Waals surface area contributed by atoms with E-state index >= 15 is 0 Å². The van der Waals surface area contributed by atoms with Crippen LogP contribution >= 0.6 is 0 Å². The minimum Gasteiger partial charge on any atom is -0.366 e. The van der Waals surface area contributed by atoms with Crippen LogP contribution < -0.4 is 11.1 Å². The van der Waals surface area contributed by atoms with E-state index in [-0.39, 0.29) is 18.0 Å². The first-order chi connectivity index (χ1) is 18.4. The van der Waals surface area contributed by atoms with E-state index in [1.165, 1.54) is 5.56 Å². The summed E-state index contributed by atoms with van der Waals surface area (Å²) in [4.78, 5) is 31.8. The van der Waals surface area contributed by atoms with Crippen molar-refractivity contribution in [2.24, 2.45) is 5.73 Å². The number of para-hydroxylation sites is 1. The number of fused-ring (bicyclic) bond motifs is 1.